The van der Waals surface area contributed by atoms with E-state index in [1.807, 2.05) is 73.7 Å². The van der Waals surface area contributed by atoms with Crippen LogP contribution in [0.4, 0.5) is 0 Å². The van der Waals surface area contributed by atoms with Crippen LogP contribution in [0.1, 0.15) is 23.6 Å². The van der Waals surface area contributed by atoms with Gasteiger partial charge in [0.15, 0.2) is 0 Å². The minimum Gasteiger partial charge on any atom is -0.287 e. The zero-order chi connectivity index (χ0) is 21.5. The summed E-state index contributed by atoms with van der Waals surface area (Å²) in [5, 5.41) is 0.942. The van der Waals surface area contributed by atoms with Gasteiger partial charge >= 0.3 is 5.69 Å². The smallest absolute Gasteiger partial charge is 0.287 e. The van der Waals surface area contributed by atoms with Crippen LogP contribution in [0.5, 0.6) is 0 Å². The van der Waals surface area contributed by atoms with Gasteiger partial charge in [0.1, 0.15) is 4.70 Å². The molecule has 2 heterocycles. The molecule has 0 saturated heterocycles. The Kier molecular flexibility index (Phi) is 4.83. The third-order valence-corrected chi connectivity index (χ3v) is 6.83. The number of aryl methyl sites for hydroxylation is 2. The van der Waals surface area contributed by atoms with Gasteiger partial charge in [-0.1, -0.05) is 67.1 Å². The van der Waals surface area contributed by atoms with Gasteiger partial charge in [0.2, 0.25) is 0 Å². The van der Waals surface area contributed by atoms with Crippen molar-refractivity contribution in [1.29, 1.82) is 0 Å². The number of benzene rings is 3. The highest BCUT2D eigenvalue weighted by atomic mass is 32.1. The van der Waals surface area contributed by atoms with Crippen LogP contribution in [-0.2, 0) is 13.0 Å². The number of hydrogen-bond acceptors (Lipinski definition) is 3. The van der Waals surface area contributed by atoms with Crippen LogP contribution in [0.2, 0.25) is 0 Å². The maximum Gasteiger partial charge on any atom is 0.336 e. The van der Waals surface area contributed by atoms with Crippen LogP contribution in [0.3, 0.4) is 0 Å². The highest BCUT2D eigenvalue weighted by Gasteiger charge is 2.19. The first-order valence-electron chi connectivity index (χ1n) is 10.4. The lowest BCUT2D eigenvalue weighted by Crippen LogP contribution is -2.38. The first kappa shape index (κ1) is 19.5. The molecule has 0 saturated carbocycles. The van der Waals surface area contributed by atoms with E-state index in [4.69, 9.17) is 0 Å². The molecule has 0 unspecified atom stereocenters. The molecular formula is C26H22N2O2S. The Bertz CT molecular complexity index is 1540. The van der Waals surface area contributed by atoms with Crippen LogP contribution in [0.25, 0.3) is 26.0 Å². The van der Waals surface area contributed by atoms with E-state index in [1.54, 1.807) is 4.57 Å². The zero-order valence-corrected chi connectivity index (χ0v) is 18.3. The Balaban J connectivity index is 1.85. The fourth-order valence-electron chi connectivity index (χ4n) is 4.10. The highest BCUT2D eigenvalue weighted by Crippen LogP contribution is 2.31. The van der Waals surface area contributed by atoms with Gasteiger partial charge in [-0.15, -0.1) is 11.3 Å². The lowest BCUT2D eigenvalue weighted by atomic mass is 10.1. The number of hydrogen-bond donors (Lipinski definition) is 0. The molecule has 0 bridgehead atoms. The molecule has 0 radical (unpaired) electrons. The summed E-state index contributed by atoms with van der Waals surface area (Å²) in [7, 11) is 0. The van der Waals surface area contributed by atoms with Gasteiger partial charge in [-0.25, -0.2) is 9.36 Å². The zero-order valence-electron chi connectivity index (χ0n) is 17.5. The first-order valence-corrected chi connectivity index (χ1v) is 11.2. The summed E-state index contributed by atoms with van der Waals surface area (Å²) < 4.78 is 4.67. The molecule has 0 fully saturated rings. The van der Waals surface area contributed by atoms with E-state index >= 15 is 0 Å². The SMILES string of the molecule is CCc1ccc(-n2c(=O)c3sc4ccccc4c3n(Cc3cccc(C)c3)c2=O)cc1. The number of fused-ring (bicyclic) bond motifs is 3. The molecule has 2 aromatic heterocycles. The number of thiophene rings is 1. The fourth-order valence-corrected chi connectivity index (χ4v) is 5.23. The normalized spacial score (nSPS) is 11.4. The summed E-state index contributed by atoms with van der Waals surface area (Å²) in [6, 6.07) is 23.7. The molecule has 0 aliphatic heterocycles. The lowest BCUT2D eigenvalue weighted by molar-refractivity contribution is 0.717. The Labute approximate surface area is 183 Å². The second-order valence-corrected chi connectivity index (χ2v) is 8.85. The molecule has 0 aliphatic carbocycles. The maximum atomic E-state index is 13.7. The van der Waals surface area contributed by atoms with Crippen LogP contribution in [0.15, 0.2) is 82.4 Å². The largest absolute Gasteiger partial charge is 0.336 e. The topological polar surface area (TPSA) is 44.0 Å². The van der Waals surface area contributed by atoms with Gasteiger partial charge in [0.05, 0.1) is 17.7 Å². The van der Waals surface area contributed by atoms with E-state index in [1.165, 1.54) is 21.5 Å². The minimum atomic E-state index is -0.313. The third-order valence-electron chi connectivity index (χ3n) is 5.68. The number of aromatic nitrogens is 2. The highest BCUT2D eigenvalue weighted by molar-refractivity contribution is 7.25. The Morgan fingerprint density at radius 2 is 1.65 bits per heavy atom. The summed E-state index contributed by atoms with van der Waals surface area (Å²) in [5.41, 5.74) is 4.09. The van der Waals surface area contributed by atoms with E-state index in [2.05, 4.69) is 13.0 Å². The Morgan fingerprint density at radius 3 is 2.39 bits per heavy atom. The van der Waals surface area contributed by atoms with Crippen molar-refractivity contribution in [2.45, 2.75) is 26.8 Å². The number of nitrogens with zero attached hydrogens (tertiary/aromatic N) is 2. The summed E-state index contributed by atoms with van der Waals surface area (Å²) in [5.74, 6) is 0. The quantitative estimate of drug-likeness (QED) is 0.392. The predicted molar refractivity (Wildman–Crippen MR) is 129 cm³/mol. The van der Waals surface area contributed by atoms with Gasteiger partial charge in [0, 0.05) is 10.1 Å². The van der Waals surface area contributed by atoms with Crippen molar-refractivity contribution in [2.75, 3.05) is 0 Å². The molecule has 3 aromatic carbocycles. The Hall–Kier alpha value is -3.44. The van der Waals surface area contributed by atoms with Gasteiger partial charge in [-0.05, 0) is 42.7 Å². The average Bonchev–Trinajstić information content (AvgIpc) is 3.17. The van der Waals surface area contributed by atoms with E-state index < -0.39 is 0 Å². The molecule has 0 atom stereocenters. The average molecular weight is 427 g/mol. The molecule has 5 heteroatoms. The van der Waals surface area contributed by atoms with E-state index in [0.717, 1.165) is 33.2 Å². The van der Waals surface area contributed by atoms with Crippen molar-refractivity contribution in [1.82, 2.24) is 9.13 Å². The fraction of sp³-hybridized carbons (Fsp3) is 0.154. The molecule has 0 spiro atoms. The lowest BCUT2D eigenvalue weighted by Gasteiger charge is -2.13. The number of rotatable bonds is 4. The maximum absolute atomic E-state index is 13.7. The first-order chi connectivity index (χ1) is 15.1. The second-order valence-electron chi connectivity index (χ2n) is 7.79. The van der Waals surface area contributed by atoms with Gasteiger partial charge in [-0.2, -0.15) is 0 Å². The van der Waals surface area contributed by atoms with E-state index in [9.17, 15) is 9.59 Å². The molecule has 154 valence electrons. The van der Waals surface area contributed by atoms with Crippen molar-refractivity contribution >= 4 is 31.6 Å². The van der Waals surface area contributed by atoms with Crippen LogP contribution < -0.4 is 11.2 Å². The van der Waals surface area contributed by atoms with Crippen LogP contribution >= 0.6 is 11.3 Å². The van der Waals surface area contributed by atoms with Crippen molar-refractivity contribution in [2.24, 2.45) is 0 Å². The van der Waals surface area contributed by atoms with Gasteiger partial charge < -0.3 is 0 Å². The molecule has 31 heavy (non-hydrogen) atoms. The van der Waals surface area contributed by atoms with Crippen molar-refractivity contribution in [3.8, 4) is 5.69 Å². The predicted octanol–water partition coefficient (Wildman–Crippen LogP) is 5.29. The summed E-state index contributed by atoms with van der Waals surface area (Å²) >= 11 is 1.45. The van der Waals surface area contributed by atoms with Crippen molar-refractivity contribution < 1.29 is 0 Å². The molecular weight excluding hydrogens is 404 g/mol. The third kappa shape index (κ3) is 3.31. The van der Waals surface area contributed by atoms with Crippen LogP contribution in [0, 0.1) is 6.92 Å². The van der Waals surface area contributed by atoms with Gasteiger partial charge in [-0.3, -0.25) is 9.36 Å². The minimum absolute atomic E-state index is 0.258. The van der Waals surface area contributed by atoms with E-state index in [-0.39, 0.29) is 11.2 Å². The summed E-state index contributed by atoms with van der Waals surface area (Å²) in [4.78, 5) is 27.2. The van der Waals surface area contributed by atoms with Crippen molar-refractivity contribution in [3.63, 3.8) is 0 Å². The second kappa shape index (κ2) is 7.67. The Morgan fingerprint density at radius 1 is 0.871 bits per heavy atom. The molecule has 5 aromatic rings. The summed E-state index contributed by atoms with van der Waals surface area (Å²) in [6.45, 7) is 4.53. The standard InChI is InChI=1S/C26H22N2O2S/c1-3-18-11-13-20(14-12-18)28-25(29)24-23(21-9-4-5-10-22(21)31-24)27(26(28)30)16-19-8-6-7-17(2)15-19/h4-15H,3,16H2,1-2H3. The monoisotopic (exact) mass is 426 g/mol. The van der Waals surface area contributed by atoms with Crippen molar-refractivity contribution in [3.05, 3.63) is 110 Å². The molecule has 0 amide bonds. The van der Waals surface area contributed by atoms with E-state index in [0.29, 0.717) is 16.9 Å². The molecule has 0 N–H and O–H groups in total. The molecule has 0 aliphatic rings. The van der Waals surface area contributed by atoms with Gasteiger partial charge in [0.25, 0.3) is 5.56 Å². The molecule has 4 nitrogen and oxygen atoms in total. The van der Waals surface area contributed by atoms with Crippen LogP contribution in [-0.4, -0.2) is 9.13 Å². The summed E-state index contributed by atoms with van der Waals surface area (Å²) in [6.07, 6.45) is 0.905. The molecule has 5 rings (SSSR count).